The zero-order chi connectivity index (χ0) is 75.0. The number of para-hydroxylation sites is 4. The van der Waals surface area contributed by atoms with Crippen molar-refractivity contribution in [1.82, 2.24) is 0 Å². The fraction of sp³-hybridized carbons (Fsp3) is 0.143. The van der Waals surface area contributed by atoms with Crippen molar-refractivity contribution < 1.29 is 27.7 Å². The Morgan fingerprint density at radius 1 is 0.306 bits per heavy atom. The molecule has 2 N–H and O–H groups in total. The Morgan fingerprint density at radius 2 is 0.648 bits per heavy atom. The molecule has 4 heterocycles. The molecule has 0 saturated heterocycles. The summed E-state index contributed by atoms with van der Waals surface area (Å²) in [5, 5.41) is 28.3. The standard InChI is InChI=1S/C49H39BrO2.C28H22BrIO.C21H19BO3/c1-29(2)34-21-13-23-38-42-37(26-25-36(47(42)51-45(34)38)31-17-10-7-11-18-31)44-41(50)28-40(49(3,4)5)43-39-24-14-22-35(46(39)52-48(43)44)33-20-12-19-32(27-33)30-15-8-6-9-16-30;1-28(2,3)22-16-23(29)25(30)27-24(22)21-14-8-13-20(26(21)31-27)19-12-7-11-18(15-19)17-9-5-4-6-10-17;1-13(2)15-9-6-10-17-19-18(22(23)24)12-11-16(21(19)25-20(15)17)14-7-4-3-5-8-14/h6-29H,1-5H3;4-16H,1-3H3;3-13,23-24H,1-2H3. The van der Waals surface area contributed by atoms with Gasteiger partial charge in [-0.1, -0.05) is 334 Å². The summed E-state index contributed by atoms with van der Waals surface area (Å²) in [5.41, 5.74) is 27.8. The summed E-state index contributed by atoms with van der Waals surface area (Å²) >= 11 is 10.2. The van der Waals surface area contributed by atoms with Crippen LogP contribution in [-0.4, -0.2) is 17.2 Å². The SMILES string of the molecule is CC(C)(C)c1cc(Br)c(I)c2oc3c(-c4cccc(-c5ccccc5)c4)cccc3c12.CC(C)c1cccc2c1oc1c(-c3ccccc3)ccc(-c3c(Br)cc(C(C)(C)C)c4c3oc3c(-c5cccc(-c6ccccc6)c5)cccc34)c12.CC(C)c1cccc2c1oc1c(-c3ccccc3)ccc(B(O)O)c12. The Bertz CT molecular complexity index is 6450. The van der Waals surface area contributed by atoms with Gasteiger partial charge in [0.15, 0.2) is 0 Å². The van der Waals surface area contributed by atoms with E-state index in [2.05, 4.69) is 348 Å². The normalized spacial score (nSPS) is 12.0. The molecule has 14 aromatic carbocycles. The summed E-state index contributed by atoms with van der Waals surface area (Å²) < 4.78 is 30.3. The highest BCUT2D eigenvalue weighted by atomic mass is 127. The molecule has 4 aromatic heterocycles. The van der Waals surface area contributed by atoms with Gasteiger partial charge < -0.3 is 27.7 Å². The van der Waals surface area contributed by atoms with E-state index in [4.69, 9.17) is 17.7 Å². The zero-order valence-electron chi connectivity index (χ0n) is 62.0. The van der Waals surface area contributed by atoms with Crippen LogP contribution in [0, 0.1) is 3.57 Å². The number of hydrogen-bond acceptors (Lipinski definition) is 6. The van der Waals surface area contributed by atoms with E-state index in [-0.39, 0.29) is 10.8 Å². The summed E-state index contributed by atoms with van der Waals surface area (Å²) in [5.74, 6) is 0.624. The van der Waals surface area contributed by atoms with Crippen LogP contribution in [0.5, 0.6) is 0 Å². The smallest absolute Gasteiger partial charge is 0.455 e. The Balaban J connectivity index is 0.000000135. The number of hydrogen-bond donors (Lipinski definition) is 2. The Hall–Kier alpha value is -10.0. The molecule has 0 radical (unpaired) electrons. The van der Waals surface area contributed by atoms with Crippen molar-refractivity contribution >= 4 is 155 Å². The van der Waals surface area contributed by atoms with Gasteiger partial charge in [-0.15, -0.1) is 0 Å². The molecule has 0 unspecified atom stereocenters. The van der Waals surface area contributed by atoms with Crippen LogP contribution >= 0.6 is 54.5 Å². The van der Waals surface area contributed by atoms with E-state index in [1.807, 2.05) is 48.5 Å². The van der Waals surface area contributed by atoms with Gasteiger partial charge in [0.1, 0.15) is 44.7 Å². The van der Waals surface area contributed by atoms with Crippen molar-refractivity contribution in [1.29, 1.82) is 0 Å². The van der Waals surface area contributed by atoms with Crippen molar-refractivity contribution in [2.45, 2.75) is 91.9 Å². The molecule has 108 heavy (non-hydrogen) atoms. The molecule has 18 rings (SSSR count). The number of rotatable bonds is 10. The summed E-state index contributed by atoms with van der Waals surface area (Å²) in [6.07, 6.45) is 0. The first-order valence-corrected chi connectivity index (χ1v) is 39.5. The number of halogens is 3. The first-order valence-electron chi connectivity index (χ1n) is 36.9. The van der Waals surface area contributed by atoms with E-state index in [9.17, 15) is 10.0 Å². The zero-order valence-corrected chi connectivity index (χ0v) is 67.3. The van der Waals surface area contributed by atoms with Gasteiger partial charge in [-0.25, -0.2) is 0 Å². The van der Waals surface area contributed by atoms with Gasteiger partial charge in [0.25, 0.3) is 0 Å². The molecule has 0 spiro atoms. The van der Waals surface area contributed by atoms with Gasteiger partial charge in [0.05, 0.1) is 3.57 Å². The van der Waals surface area contributed by atoms with Crippen LogP contribution in [0.1, 0.15) is 103 Å². The lowest BCUT2D eigenvalue weighted by Gasteiger charge is -2.22. The molecule has 10 heteroatoms. The second kappa shape index (κ2) is 29.2. The van der Waals surface area contributed by atoms with E-state index in [1.54, 1.807) is 6.07 Å². The topological polar surface area (TPSA) is 93.0 Å². The highest BCUT2D eigenvalue weighted by Gasteiger charge is 2.31. The third kappa shape index (κ3) is 13.2. The van der Waals surface area contributed by atoms with Gasteiger partial charge in [-0.05, 0) is 169 Å². The van der Waals surface area contributed by atoms with E-state index < -0.39 is 7.12 Å². The van der Waals surface area contributed by atoms with Gasteiger partial charge in [-0.2, -0.15) is 0 Å². The van der Waals surface area contributed by atoms with Crippen LogP contribution in [0.15, 0.2) is 306 Å². The van der Waals surface area contributed by atoms with Crippen molar-refractivity contribution in [3.05, 3.63) is 314 Å². The van der Waals surface area contributed by atoms with E-state index in [0.29, 0.717) is 22.9 Å². The van der Waals surface area contributed by atoms with Gasteiger partial charge in [-0.3, -0.25) is 0 Å². The van der Waals surface area contributed by atoms with Crippen LogP contribution in [0.4, 0.5) is 0 Å². The monoisotopic (exact) mass is 1650 g/mol. The first kappa shape index (κ1) is 72.2. The Kier molecular flexibility index (Phi) is 19.5. The van der Waals surface area contributed by atoms with Crippen molar-refractivity contribution in [3.63, 3.8) is 0 Å². The molecule has 0 aliphatic carbocycles. The molecule has 0 aliphatic rings. The minimum absolute atomic E-state index is 0.00510. The summed E-state index contributed by atoms with van der Waals surface area (Å²) in [6, 6.07) is 97.4. The number of furan rings is 4. The maximum Gasteiger partial charge on any atom is 0.489 e. The average Bonchev–Trinajstić information content (AvgIpc) is 1.48. The second-order valence-electron chi connectivity index (χ2n) is 30.7. The van der Waals surface area contributed by atoms with Crippen LogP contribution in [0.2, 0.25) is 0 Å². The molecule has 0 aliphatic heterocycles. The van der Waals surface area contributed by atoms with E-state index in [0.717, 1.165) is 145 Å². The summed E-state index contributed by atoms with van der Waals surface area (Å²) in [7, 11) is -1.55. The van der Waals surface area contributed by atoms with Crippen molar-refractivity contribution in [2.75, 3.05) is 0 Å². The fourth-order valence-corrected chi connectivity index (χ4v) is 17.2. The Morgan fingerprint density at radius 3 is 1.10 bits per heavy atom. The molecule has 0 atom stereocenters. The van der Waals surface area contributed by atoms with Crippen LogP contribution in [-0.2, 0) is 10.8 Å². The highest BCUT2D eigenvalue weighted by molar-refractivity contribution is 14.1. The van der Waals surface area contributed by atoms with Gasteiger partial charge in [0.2, 0.25) is 0 Å². The minimum Gasteiger partial charge on any atom is -0.455 e. The Labute approximate surface area is 660 Å². The molecule has 6 nitrogen and oxygen atoms in total. The van der Waals surface area contributed by atoms with Crippen LogP contribution in [0.3, 0.4) is 0 Å². The lowest BCUT2D eigenvalue weighted by Crippen LogP contribution is -2.30. The molecule has 0 amide bonds. The second-order valence-corrected chi connectivity index (χ2v) is 33.5. The maximum absolute atomic E-state index is 9.85. The molecule has 532 valence electrons. The lowest BCUT2D eigenvalue weighted by atomic mass is 9.76. The van der Waals surface area contributed by atoms with Crippen molar-refractivity contribution in [2.24, 2.45) is 0 Å². The first-order chi connectivity index (χ1) is 52.1. The van der Waals surface area contributed by atoms with Gasteiger partial charge >= 0.3 is 7.12 Å². The molecular formula is C98H80BBr2IO6. The quantitative estimate of drug-likeness (QED) is 0.105. The van der Waals surface area contributed by atoms with Crippen LogP contribution in [0.25, 0.3) is 166 Å². The lowest BCUT2D eigenvalue weighted by molar-refractivity contribution is 0.426. The predicted octanol–water partition coefficient (Wildman–Crippen LogP) is 29.0. The number of fused-ring (bicyclic) bond motifs is 12. The summed E-state index contributed by atoms with van der Waals surface area (Å²) in [4.78, 5) is 0. The molecule has 0 saturated carbocycles. The van der Waals surface area contributed by atoms with Crippen molar-refractivity contribution in [3.8, 4) is 77.9 Å². The largest absolute Gasteiger partial charge is 0.489 e. The van der Waals surface area contributed by atoms with Gasteiger partial charge in [0, 0.05) is 79.9 Å². The predicted molar refractivity (Wildman–Crippen MR) is 470 cm³/mol. The summed E-state index contributed by atoms with van der Waals surface area (Å²) in [6.45, 7) is 22.3. The molecule has 0 bridgehead atoms. The van der Waals surface area contributed by atoms with E-state index >= 15 is 0 Å². The van der Waals surface area contributed by atoms with Crippen LogP contribution < -0.4 is 5.46 Å². The molecular weight excluding hydrogens is 1570 g/mol. The maximum atomic E-state index is 9.85. The molecule has 0 fully saturated rings. The number of benzene rings is 14. The third-order valence-corrected chi connectivity index (χ3v) is 24.0. The van der Waals surface area contributed by atoms with E-state index in [1.165, 1.54) is 49.7 Å². The minimum atomic E-state index is -1.55. The average molecular weight is 1650 g/mol. The fourth-order valence-electron chi connectivity index (χ4n) is 15.6. The highest BCUT2D eigenvalue weighted by Crippen LogP contribution is 2.53. The third-order valence-electron chi connectivity index (χ3n) is 20.9. The molecule has 18 aromatic rings.